The van der Waals surface area contributed by atoms with Crippen LogP contribution >= 0.6 is 11.3 Å². The van der Waals surface area contributed by atoms with Gasteiger partial charge in [0.25, 0.3) is 0 Å². The highest BCUT2D eigenvalue weighted by atomic mass is 32.1. The number of thiophene rings is 1. The first-order chi connectivity index (χ1) is 8.81. The first-order valence-corrected chi connectivity index (χ1v) is 6.32. The Labute approximate surface area is 110 Å². The molecule has 1 N–H and O–H groups in total. The van der Waals surface area contributed by atoms with E-state index < -0.39 is 0 Å². The van der Waals surface area contributed by atoms with E-state index in [2.05, 4.69) is 17.5 Å². The molecule has 0 atom stereocenters. The van der Waals surface area contributed by atoms with Gasteiger partial charge >= 0.3 is 0 Å². The van der Waals surface area contributed by atoms with E-state index in [1.165, 1.54) is 11.3 Å². The van der Waals surface area contributed by atoms with Crippen molar-refractivity contribution in [2.45, 2.75) is 13.1 Å². The number of hydrogen-bond acceptors (Lipinski definition) is 4. The van der Waals surface area contributed by atoms with Crippen molar-refractivity contribution in [1.29, 1.82) is 10.5 Å². The molecule has 0 amide bonds. The highest BCUT2D eigenvalue weighted by Gasteiger charge is 1.99. The Kier molecular flexibility index (Phi) is 4.09. The SMILES string of the molecule is N#Cc1cccc(CNCc2ccc(C#N)s2)c1. The fraction of sp³-hybridized carbons (Fsp3) is 0.143. The lowest BCUT2D eigenvalue weighted by Gasteiger charge is -2.03. The summed E-state index contributed by atoms with van der Waals surface area (Å²) in [6, 6.07) is 15.6. The molecule has 4 heteroatoms. The van der Waals surface area contributed by atoms with Crippen LogP contribution in [-0.4, -0.2) is 0 Å². The largest absolute Gasteiger partial charge is 0.308 e. The Morgan fingerprint density at radius 3 is 2.67 bits per heavy atom. The maximum Gasteiger partial charge on any atom is 0.110 e. The van der Waals surface area contributed by atoms with Crippen molar-refractivity contribution in [3.63, 3.8) is 0 Å². The summed E-state index contributed by atoms with van der Waals surface area (Å²) in [6.45, 7) is 1.46. The van der Waals surface area contributed by atoms with Gasteiger partial charge in [0.05, 0.1) is 11.6 Å². The lowest BCUT2D eigenvalue weighted by Crippen LogP contribution is -2.11. The Balaban J connectivity index is 1.88. The maximum absolute atomic E-state index is 8.80. The summed E-state index contributed by atoms with van der Waals surface area (Å²) in [5, 5.41) is 20.8. The fourth-order valence-corrected chi connectivity index (χ4v) is 2.39. The van der Waals surface area contributed by atoms with Gasteiger partial charge < -0.3 is 5.32 Å². The monoisotopic (exact) mass is 253 g/mol. The summed E-state index contributed by atoms with van der Waals surface area (Å²) in [5.41, 5.74) is 1.77. The first kappa shape index (κ1) is 12.3. The molecule has 0 aliphatic rings. The summed E-state index contributed by atoms with van der Waals surface area (Å²) >= 11 is 1.50. The number of hydrogen-bond donors (Lipinski definition) is 1. The van der Waals surface area contributed by atoms with Crippen LogP contribution in [0.25, 0.3) is 0 Å². The Morgan fingerprint density at radius 2 is 1.94 bits per heavy atom. The Morgan fingerprint density at radius 1 is 1.06 bits per heavy atom. The molecule has 0 unspecified atom stereocenters. The van der Waals surface area contributed by atoms with Crippen molar-refractivity contribution in [3.8, 4) is 12.1 Å². The number of nitriles is 2. The number of benzene rings is 1. The maximum atomic E-state index is 8.80. The third kappa shape index (κ3) is 3.18. The van der Waals surface area contributed by atoms with Crippen molar-refractivity contribution >= 4 is 11.3 Å². The second-order valence-electron chi connectivity index (χ2n) is 3.79. The number of nitrogens with one attached hydrogen (secondary N) is 1. The van der Waals surface area contributed by atoms with E-state index in [1.807, 2.05) is 30.3 Å². The molecule has 18 heavy (non-hydrogen) atoms. The number of nitrogens with zero attached hydrogens (tertiary/aromatic N) is 2. The van der Waals surface area contributed by atoms with Crippen molar-refractivity contribution in [2.24, 2.45) is 0 Å². The minimum atomic E-state index is 0.678. The van der Waals surface area contributed by atoms with Crippen LogP contribution in [0.2, 0.25) is 0 Å². The predicted molar refractivity (Wildman–Crippen MR) is 70.7 cm³/mol. The van der Waals surface area contributed by atoms with E-state index in [9.17, 15) is 0 Å². The van der Waals surface area contributed by atoms with Crippen LogP contribution in [0.1, 0.15) is 20.9 Å². The zero-order valence-electron chi connectivity index (χ0n) is 9.68. The minimum Gasteiger partial charge on any atom is -0.308 e. The van der Waals surface area contributed by atoms with Crippen LogP contribution in [0, 0.1) is 22.7 Å². The van der Waals surface area contributed by atoms with Crippen LogP contribution in [0.15, 0.2) is 36.4 Å². The standard InChI is InChI=1S/C14H11N3S/c15-7-11-2-1-3-12(6-11)9-17-10-14-5-4-13(8-16)18-14/h1-6,17H,9-10H2. The predicted octanol–water partition coefficient (Wildman–Crippen LogP) is 2.78. The molecule has 2 rings (SSSR count). The van der Waals surface area contributed by atoms with Crippen molar-refractivity contribution < 1.29 is 0 Å². The van der Waals surface area contributed by atoms with Crippen LogP contribution in [0.5, 0.6) is 0 Å². The summed E-state index contributed by atoms with van der Waals surface area (Å²) < 4.78 is 0. The topological polar surface area (TPSA) is 59.6 Å². The van der Waals surface area contributed by atoms with Crippen LogP contribution in [-0.2, 0) is 13.1 Å². The molecule has 2 aromatic rings. The van der Waals surface area contributed by atoms with Crippen molar-refractivity contribution in [3.05, 3.63) is 57.3 Å². The van der Waals surface area contributed by atoms with Gasteiger partial charge in [0.1, 0.15) is 10.9 Å². The summed E-state index contributed by atoms with van der Waals surface area (Å²) in [5.74, 6) is 0. The third-order valence-electron chi connectivity index (χ3n) is 2.46. The molecule has 3 nitrogen and oxygen atoms in total. The molecule has 0 saturated heterocycles. The third-order valence-corrected chi connectivity index (χ3v) is 3.45. The molecule has 0 spiro atoms. The average Bonchev–Trinajstić information content (AvgIpc) is 2.87. The summed E-state index contributed by atoms with van der Waals surface area (Å²) in [7, 11) is 0. The van der Waals surface area contributed by atoms with Gasteiger partial charge in [-0.05, 0) is 29.8 Å². The van der Waals surface area contributed by atoms with Gasteiger partial charge in [-0.15, -0.1) is 11.3 Å². The van der Waals surface area contributed by atoms with E-state index in [1.54, 1.807) is 6.07 Å². The Bertz CT molecular complexity index is 616. The van der Waals surface area contributed by atoms with E-state index >= 15 is 0 Å². The lowest BCUT2D eigenvalue weighted by atomic mass is 10.1. The minimum absolute atomic E-state index is 0.678. The molecule has 1 aromatic carbocycles. The highest BCUT2D eigenvalue weighted by Crippen LogP contribution is 2.15. The van der Waals surface area contributed by atoms with Crippen LogP contribution in [0.4, 0.5) is 0 Å². The molecular formula is C14H11N3S. The van der Waals surface area contributed by atoms with Gasteiger partial charge in [0.2, 0.25) is 0 Å². The first-order valence-electron chi connectivity index (χ1n) is 5.50. The van der Waals surface area contributed by atoms with Gasteiger partial charge in [-0.2, -0.15) is 10.5 Å². The van der Waals surface area contributed by atoms with Gasteiger partial charge in [-0.25, -0.2) is 0 Å². The lowest BCUT2D eigenvalue weighted by molar-refractivity contribution is 0.701. The van der Waals surface area contributed by atoms with Gasteiger partial charge in [-0.3, -0.25) is 0 Å². The van der Waals surface area contributed by atoms with Gasteiger partial charge in [0, 0.05) is 18.0 Å². The van der Waals surface area contributed by atoms with E-state index in [0.29, 0.717) is 5.56 Å². The van der Waals surface area contributed by atoms with E-state index in [-0.39, 0.29) is 0 Å². The zero-order chi connectivity index (χ0) is 12.8. The molecule has 0 fully saturated rings. The Hall–Kier alpha value is -2.14. The second kappa shape index (κ2) is 5.97. The number of rotatable bonds is 4. The van der Waals surface area contributed by atoms with Crippen molar-refractivity contribution in [2.75, 3.05) is 0 Å². The normalized spacial score (nSPS) is 9.67. The molecular weight excluding hydrogens is 242 g/mol. The second-order valence-corrected chi connectivity index (χ2v) is 4.96. The fourth-order valence-electron chi connectivity index (χ4n) is 1.61. The quantitative estimate of drug-likeness (QED) is 0.911. The molecule has 0 aliphatic heterocycles. The average molecular weight is 253 g/mol. The van der Waals surface area contributed by atoms with Crippen LogP contribution in [0.3, 0.4) is 0 Å². The highest BCUT2D eigenvalue weighted by molar-refractivity contribution is 7.12. The molecule has 1 aromatic heterocycles. The molecule has 0 aliphatic carbocycles. The zero-order valence-corrected chi connectivity index (χ0v) is 10.5. The molecule has 0 bridgehead atoms. The molecule has 0 radical (unpaired) electrons. The molecule has 88 valence electrons. The van der Waals surface area contributed by atoms with Crippen LogP contribution < -0.4 is 5.32 Å². The molecule has 0 saturated carbocycles. The molecule has 1 heterocycles. The summed E-state index contributed by atoms with van der Waals surface area (Å²) in [6.07, 6.45) is 0. The van der Waals surface area contributed by atoms with Crippen molar-refractivity contribution in [1.82, 2.24) is 5.32 Å². The van der Waals surface area contributed by atoms with Gasteiger partial charge in [0.15, 0.2) is 0 Å². The van der Waals surface area contributed by atoms with E-state index in [4.69, 9.17) is 10.5 Å². The van der Waals surface area contributed by atoms with E-state index in [0.717, 1.165) is 28.4 Å². The smallest absolute Gasteiger partial charge is 0.110 e. The summed E-state index contributed by atoms with van der Waals surface area (Å²) in [4.78, 5) is 1.88. The van der Waals surface area contributed by atoms with Gasteiger partial charge in [-0.1, -0.05) is 12.1 Å².